The van der Waals surface area contributed by atoms with Gasteiger partial charge in [-0.25, -0.2) is 13.5 Å². The zero-order valence-corrected chi connectivity index (χ0v) is 13.1. The molecule has 1 N–H and O–H groups in total. The van der Waals surface area contributed by atoms with Gasteiger partial charge < -0.3 is 5.11 Å². The minimum atomic E-state index is -0.714. The number of aromatic nitrogens is 2. The molecule has 3 rings (SSSR count). The highest BCUT2D eigenvalue weighted by atomic mass is 35.5. The minimum absolute atomic E-state index is 0.205. The zero-order chi connectivity index (χ0) is 16.6. The van der Waals surface area contributed by atoms with Crippen molar-refractivity contribution in [1.82, 2.24) is 9.78 Å². The summed E-state index contributed by atoms with van der Waals surface area (Å²) >= 11 is 12.0. The molecule has 118 valence electrons. The van der Waals surface area contributed by atoms with Crippen LogP contribution in [0, 0.1) is 11.6 Å². The first-order valence-electron chi connectivity index (χ1n) is 6.58. The Kier molecular flexibility index (Phi) is 4.35. The van der Waals surface area contributed by atoms with Crippen molar-refractivity contribution in [2.45, 2.75) is 6.61 Å². The monoisotopic (exact) mass is 354 g/mol. The van der Waals surface area contributed by atoms with E-state index in [4.69, 9.17) is 23.2 Å². The lowest BCUT2D eigenvalue weighted by Crippen LogP contribution is -1.97. The van der Waals surface area contributed by atoms with Crippen LogP contribution in [-0.4, -0.2) is 14.9 Å². The van der Waals surface area contributed by atoms with Crippen molar-refractivity contribution in [3.05, 3.63) is 69.8 Å². The van der Waals surface area contributed by atoms with E-state index in [9.17, 15) is 13.9 Å². The predicted octanol–water partition coefficient (Wildman–Crippen LogP) is 4.62. The van der Waals surface area contributed by atoms with Crippen molar-refractivity contribution >= 4 is 23.2 Å². The molecule has 23 heavy (non-hydrogen) atoms. The number of halogens is 4. The van der Waals surface area contributed by atoms with Crippen LogP contribution in [-0.2, 0) is 6.61 Å². The molecule has 0 bridgehead atoms. The number of rotatable bonds is 3. The number of aliphatic hydroxyl groups excluding tert-OH is 1. The van der Waals surface area contributed by atoms with Gasteiger partial charge in [0, 0.05) is 33.4 Å². The minimum Gasteiger partial charge on any atom is -0.392 e. The van der Waals surface area contributed by atoms with Gasteiger partial charge >= 0.3 is 0 Å². The van der Waals surface area contributed by atoms with Crippen molar-refractivity contribution in [1.29, 1.82) is 0 Å². The molecule has 0 fully saturated rings. The first kappa shape index (κ1) is 15.9. The lowest BCUT2D eigenvalue weighted by Gasteiger charge is -2.03. The largest absolute Gasteiger partial charge is 0.392 e. The Bertz CT molecular complexity index is 840. The summed E-state index contributed by atoms with van der Waals surface area (Å²) in [5, 5.41) is 14.7. The molecule has 3 nitrogen and oxygen atoms in total. The smallest absolute Gasteiger partial charge is 0.128 e. The maximum atomic E-state index is 13.4. The summed E-state index contributed by atoms with van der Waals surface area (Å²) in [7, 11) is 0. The molecule has 0 aliphatic carbocycles. The highest BCUT2D eigenvalue weighted by Crippen LogP contribution is 2.29. The third kappa shape index (κ3) is 3.37. The SMILES string of the molecule is OCc1cn(-c2cc(F)cc(F)c2)nc1-c1cc(Cl)cc(Cl)c1. The summed E-state index contributed by atoms with van der Waals surface area (Å²) in [6.07, 6.45) is 1.50. The molecule has 0 aliphatic rings. The molecular weight excluding hydrogens is 345 g/mol. The van der Waals surface area contributed by atoms with Crippen LogP contribution in [0.3, 0.4) is 0 Å². The molecule has 0 atom stereocenters. The molecule has 7 heteroatoms. The summed E-state index contributed by atoms with van der Waals surface area (Å²) in [6, 6.07) is 7.93. The fourth-order valence-electron chi connectivity index (χ4n) is 2.26. The van der Waals surface area contributed by atoms with E-state index in [0.29, 0.717) is 26.9 Å². The fourth-order valence-corrected chi connectivity index (χ4v) is 2.79. The Morgan fingerprint density at radius 2 is 1.57 bits per heavy atom. The van der Waals surface area contributed by atoms with E-state index < -0.39 is 11.6 Å². The van der Waals surface area contributed by atoms with Crippen molar-refractivity contribution in [2.24, 2.45) is 0 Å². The Balaban J connectivity index is 2.14. The van der Waals surface area contributed by atoms with E-state index in [2.05, 4.69) is 5.10 Å². The molecule has 0 aliphatic heterocycles. The number of hydrogen-bond donors (Lipinski definition) is 1. The summed E-state index contributed by atoms with van der Waals surface area (Å²) in [5.41, 5.74) is 1.72. The fraction of sp³-hybridized carbons (Fsp3) is 0.0625. The molecular formula is C16H10Cl2F2N2O. The predicted molar refractivity (Wildman–Crippen MR) is 84.9 cm³/mol. The topological polar surface area (TPSA) is 38.0 Å². The second-order valence-corrected chi connectivity index (χ2v) is 5.76. The summed E-state index contributed by atoms with van der Waals surface area (Å²) < 4.78 is 28.0. The van der Waals surface area contributed by atoms with Gasteiger partial charge in [-0.2, -0.15) is 5.10 Å². The van der Waals surface area contributed by atoms with Crippen LogP contribution in [0.1, 0.15) is 5.56 Å². The van der Waals surface area contributed by atoms with Crippen LogP contribution in [0.25, 0.3) is 16.9 Å². The van der Waals surface area contributed by atoms with Gasteiger partial charge in [0.1, 0.15) is 11.6 Å². The van der Waals surface area contributed by atoms with Crippen LogP contribution >= 0.6 is 23.2 Å². The third-order valence-electron chi connectivity index (χ3n) is 3.21. The number of nitrogens with zero attached hydrogens (tertiary/aromatic N) is 2. The first-order chi connectivity index (χ1) is 11.0. The summed E-state index contributed by atoms with van der Waals surface area (Å²) in [6.45, 7) is -0.294. The lowest BCUT2D eigenvalue weighted by atomic mass is 10.1. The molecule has 1 aromatic heterocycles. The average molecular weight is 355 g/mol. The van der Waals surface area contributed by atoms with Gasteiger partial charge in [0.25, 0.3) is 0 Å². The number of hydrogen-bond acceptors (Lipinski definition) is 2. The van der Waals surface area contributed by atoms with E-state index in [0.717, 1.165) is 18.2 Å². The van der Waals surface area contributed by atoms with Gasteiger partial charge in [-0.05, 0) is 30.3 Å². The maximum Gasteiger partial charge on any atom is 0.128 e. The molecule has 0 radical (unpaired) electrons. The summed E-state index contributed by atoms with van der Waals surface area (Å²) in [5.74, 6) is -1.43. The van der Waals surface area contributed by atoms with Gasteiger partial charge in [-0.3, -0.25) is 0 Å². The second-order valence-electron chi connectivity index (χ2n) is 4.89. The molecule has 0 saturated heterocycles. The lowest BCUT2D eigenvalue weighted by molar-refractivity contribution is 0.282. The highest BCUT2D eigenvalue weighted by Gasteiger charge is 2.14. The molecule has 0 saturated carbocycles. The second kappa shape index (κ2) is 6.28. The van der Waals surface area contributed by atoms with Gasteiger partial charge in [-0.1, -0.05) is 23.2 Å². The van der Waals surface area contributed by atoms with Crippen LogP contribution < -0.4 is 0 Å². The van der Waals surface area contributed by atoms with Crippen molar-refractivity contribution < 1.29 is 13.9 Å². The third-order valence-corrected chi connectivity index (χ3v) is 3.64. The van der Waals surface area contributed by atoms with E-state index >= 15 is 0 Å². The number of aliphatic hydroxyl groups is 1. The van der Waals surface area contributed by atoms with Crippen molar-refractivity contribution in [3.8, 4) is 16.9 Å². The number of benzene rings is 2. The van der Waals surface area contributed by atoms with Crippen LogP contribution in [0.15, 0.2) is 42.6 Å². The molecule has 0 unspecified atom stereocenters. The standard InChI is InChI=1S/C16H10Cl2F2N2O/c17-11-1-9(2-12(18)3-11)16-10(8-23)7-22(21-16)15-5-13(19)4-14(20)6-15/h1-7,23H,8H2. The molecule has 3 aromatic rings. The maximum absolute atomic E-state index is 13.4. The van der Waals surface area contributed by atoms with E-state index in [-0.39, 0.29) is 12.3 Å². The van der Waals surface area contributed by atoms with Gasteiger partial charge in [0.05, 0.1) is 18.0 Å². The molecule has 2 aromatic carbocycles. The average Bonchev–Trinajstić information content (AvgIpc) is 2.89. The van der Waals surface area contributed by atoms with Crippen LogP contribution in [0.4, 0.5) is 8.78 Å². The Hall–Kier alpha value is -1.95. The van der Waals surface area contributed by atoms with E-state index in [1.54, 1.807) is 18.2 Å². The van der Waals surface area contributed by atoms with Gasteiger partial charge in [0.2, 0.25) is 0 Å². The van der Waals surface area contributed by atoms with Gasteiger partial charge in [0.15, 0.2) is 0 Å². The van der Waals surface area contributed by atoms with Gasteiger partial charge in [-0.15, -0.1) is 0 Å². The Morgan fingerprint density at radius 1 is 0.957 bits per heavy atom. The van der Waals surface area contributed by atoms with Crippen molar-refractivity contribution in [2.75, 3.05) is 0 Å². The summed E-state index contributed by atoms with van der Waals surface area (Å²) in [4.78, 5) is 0. The van der Waals surface area contributed by atoms with Crippen LogP contribution in [0.2, 0.25) is 10.0 Å². The molecule has 0 amide bonds. The van der Waals surface area contributed by atoms with Crippen LogP contribution in [0.5, 0.6) is 0 Å². The Morgan fingerprint density at radius 3 is 2.13 bits per heavy atom. The normalized spacial score (nSPS) is 11.0. The molecule has 1 heterocycles. The Labute approximate surface area is 140 Å². The highest BCUT2D eigenvalue weighted by molar-refractivity contribution is 6.35. The van der Waals surface area contributed by atoms with E-state index in [1.165, 1.54) is 10.9 Å². The zero-order valence-electron chi connectivity index (χ0n) is 11.6. The molecule has 0 spiro atoms. The first-order valence-corrected chi connectivity index (χ1v) is 7.34. The van der Waals surface area contributed by atoms with Crippen molar-refractivity contribution in [3.63, 3.8) is 0 Å². The van der Waals surface area contributed by atoms with E-state index in [1.807, 2.05) is 0 Å². The quantitative estimate of drug-likeness (QED) is 0.745.